The minimum absolute atomic E-state index is 0.0806. The predicted octanol–water partition coefficient (Wildman–Crippen LogP) is 1.17. The van der Waals surface area contributed by atoms with Gasteiger partial charge in [0.1, 0.15) is 0 Å². The Kier molecular flexibility index (Phi) is 3.58. The molecular formula is C6H6B2F2NO2P. The van der Waals surface area contributed by atoms with E-state index in [0.717, 1.165) is 0 Å². The van der Waals surface area contributed by atoms with Crippen molar-refractivity contribution in [2.75, 3.05) is 0 Å². The molecule has 1 aromatic rings. The van der Waals surface area contributed by atoms with E-state index in [1.165, 1.54) is 32.0 Å². The van der Waals surface area contributed by atoms with Crippen LogP contribution in [0.3, 0.4) is 0 Å². The second kappa shape index (κ2) is 4.51. The maximum absolute atomic E-state index is 12.3. The van der Waals surface area contributed by atoms with E-state index in [-0.39, 0.29) is 5.69 Å². The third-order valence-electron chi connectivity index (χ3n) is 1.88. The average Bonchev–Trinajstić information content (AvgIpc) is 2.16. The summed E-state index contributed by atoms with van der Waals surface area (Å²) in [5, 5.41) is 10.3. The summed E-state index contributed by atoms with van der Waals surface area (Å²) < 4.78 is 24.6. The van der Waals surface area contributed by atoms with Crippen molar-refractivity contribution in [1.82, 2.24) is 0 Å². The lowest BCUT2D eigenvalue weighted by molar-refractivity contribution is -0.384. The molecular weight excluding hydrogens is 209 g/mol. The minimum atomic E-state index is -3.03. The topological polar surface area (TPSA) is 43.1 Å². The van der Waals surface area contributed by atoms with Crippen LogP contribution < -0.4 is 5.46 Å². The van der Waals surface area contributed by atoms with Gasteiger partial charge in [-0.3, -0.25) is 10.1 Å². The van der Waals surface area contributed by atoms with Gasteiger partial charge < -0.3 is 0 Å². The molecule has 0 aliphatic carbocycles. The number of nitro benzene ring substituents is 1. The van der Waals surface area contributed by atoms with Crippen molar-refractivity contribution in [3.05, 3.63) is 34.4 Å². The minimum Gasteiger partial charge on any atom is -0.258 e. The molecule has 0 aliphatic rings. The molecule has 0 radical (unpaired) electrons. The zero-order chi connectivity index (χ0) is 10.7. The Morgan fingerprint density at radius 3 is 2.21 bits per heavy atom. The summed E-state index contributed by atoms with van der Waals surface area (Å²) in [4.78, 5) is 9.72. The molecule has 8 heteroatoms. The fourth-order valence-corrected chi connectivity index (χ4v) is 1.38. The second-order valence-electron chi connectivity index (χ2n) is 2.78. The van der Waals surface area contributed by atoms with Crippen molar-refractivity contribution >= 4 is 33.6 Å². The van der Waals surface area contributed by atoms with E-state index >= 15 is 0 Å². The molecule has 1 rings (SSSR count). The fraction of sp³-hybridized carbons (Fsp3) is 0. The van der Waals surface area contributed by atoms with Gasteiger partial charge in [0, 0.05) is 12.1 Å². The molecule has 0 atom stereocenters. The molecule has 0 saturated heterocycles. The molecule has 72 valence electrons. The van der Waals surface area contributed by atoms with Gasteiger partial charge in [0.2, 0.25) is 14.7 Å². The lowest BCUT2D eigenvalue weighted by Gasteiger charge is -2.04. The Morgan fingerprint density at radius 2 is 1.86 bits per heavy atom. The molecule has 0 N–H and O–H groups in total. The van der Waals surface area contributed by atoms with E-state index in [1.54, 1.807) is 0 Å². The molecule has 14 heavy (non-hydrogen) atoms. The number of hydrogen-bond donors (Lipinski definition) is 0. The Hall–Kier alpha value is -0.960. The van der Waals surface area contributed by atoms with Crippen molar-refractivity contribution in [2.24, 2.45) is 0 Å². The Balaban J connectivity index is 2.88. The van der Waals surface area contributed by atoms with Crippen molar-refractivity contribution in [3.8, 4) is 0 Å². The van der Waals surface area contributed by atoms with Gasteiger partial charge >= 0.3 is 0 Å². The maximum Gasteiger partial charge on any atom is 0.269 e. The van der Waals surface area contributed by atoms with Gasteiger partial charge in [0.05, 0.1) is 12.7 Å². The van der Waals surface area contributed by atoms with Gasteiger partial charge in [0.15, 0.2) is 0 Å². The van der Waals surface area contributed by atoms with E-state index < -0.39 is 19.7 Å². The summed E-state index contributed by atoms with van der Waals surface area (Å²) in [6.07, 6.45) is -0.828. The van der Waals surface area contributed by atoms with Crippen LogP contribution in [0.4, 0.5) is 14.1 Å². The van der Waals surface area contributed by atoms with Gasteiger partial charge in [-0.2, -0.15) is 0 Å². The van der Waals surface area contributed by atoms with Crippen LogP contribution in [-0.4, -0.2) is 19.0 Å². The highest BCUT2D eigenvalue weighted by Gasteiger charge is 2.23. The summed E-state index contributed by atoms with van der Waals surface area (Å²) in [5.74, 6) is 0. The Labute approximate surface area is 82.1 Å². The molecule has 1 aromatic carbocycles. The molecule has 0 fully saturated rings. The third-order valence-corrected chi connectivity index (χ3v) is 2.76. The van der Waals surface area contributed by atoms with E-state index in [1.807, 2.05) is 0 Å². The second-order valence-corrected chi connectivity index (χ2v) is 4.08. The molecule has 0 aliphatic heterocycles. The zero-order valence-electron chi connectivity index (χ0n) is 7.35. The molecule has 0 heterocycles. The highest BCUT2D eigenvalue weighted by atomic mass is 31.2. The number of rotatable bonds is 3. The molecule has 0 amide bonds. The number of nitrogens with zero attached hydrogens (tertiary/aromatic N) is 1. The Morgan fingerprint density at radius 1 is 1.36 bits per heavy atom. The van der Waals surface area contributed by atoms with Crippen molar-refractivity contribution < 1.29 is 13.3 Å². The number of halogens is 2. The van der Waals surface area contributed by atoms with Crippen LogP contribution in [0.5, 0.6) is 0 Å². The first-order valence-corrected chi connectivity index (χ1v) is 5.06. The highest BCUT2D eigenvalue weighted by molar-refractivity contribution is 7.92. The third kappa shape index (κ3) is 2.51. The number of hydrogen-bond acceptors (Lipinski definition) is 2. The molecule has 3 nitrogen and oxygen atoms in total. The smallest absolute Gasteiger partial charge is 0.258 e. The van der Waals surface area contributed by atoms with Crippen LogP contribution in [-0.2, 0) is 0 Å². The van der Waals surface area contributed by atoms with Crippen LogP contribution in [0.25, 0.3) is 0 Å². The van der Waals surface area contributed by atoms with Crippen LogP contribution in [0, 0.1) is 10.1 Å². The van der Waals surface area contributed by atoms with Crippen LogP contribution in [0.15, 0.2) is 24.3 Å². The SMILES string of the molecule is BB(c1ccc([N+](=O)[O-])cc1)P(F)F. The van der Waals surface area contributed by atoms with Gasteiger partial charge in [-0.1, -0.05) is 17.6 Å². The van der Waals surface area contributed by atoms with Crippen LogP contribution in [0.2, 0.25) is 0 Å². The Bertz CT molecular complexity index is 335. The first kappa shape index (κ1) is 11.1. The van der Waals surface area contributed by atoms with Crippen LogP contribution >= 0.6 is 8.42 Å². The summed E-state index contributed by atoms with van der Waals surface area (Å²) in [7, 11) is -1.62. The van der Waals surface area contributed by atoms with Gasteiger partial charge in [0.25, 0.3) is 5.69 Å². The largest absolute Gasteiger partial charge is 0.269 e. The summed E-state index contributed by atoms with van der Waals surface area (Å²) in [6, 6.07) is 5.23. The summed E-state index contributed by atoms with van der Waals surface area (Å²) in [6.45, 7) is 0. The van der Waals surface area contributed by atoms with Crippen molar-refractivity contribution in [3.63, 3.8) is 0 Å². The first-order chi connectivity index (χ1) is 6.52. The van der Waals surface area contributed by atoms with E-state index in [2.05, 4.69) is 0 Å². The first-order valence-electron chi connectivity index (χ1n) is 3.87. The number of nitro groups is 1. The van der Waals surface area contributed by atoms with Crippen molar-refractivity contribution in [2.45, 2.75) is 0 Å². The number of non-ortho nitro benzene ring substituents is 1. The fourth-order valence-electron chi connectivity index (χ4n) is 0.987. The lowest BCUT2D eigenvalue weighted by atomic mass is 9.49. The standard InChI is InChI=1S/C6H6B2F2NO2P/c7-8(14(9)10)5-1-3-6(4-2-5)11(12)13/h1-4H,7H2. The monoisotopic (exact) mass is 215 g/mol. The molecule has 0 saturated carbocycles. The van der Waals surface area contributed by atoms with E-state index in [4.69, 9.17) is 0 Å². The van der Waals surface area contributed by atoms with Gasteiger partial charge in [-0.15, -0.1) is 0 Å². The molecule has 0 bridgehead atoms. The number of benzene rings is 1. The van der Waals surface area contributed by atoms with Gasteiger partial charge in [-0.05, 0) is 0 Å². The lowest BCUT2D eigenvalue weighted by Crippen LogP contribution is -2.27. The van der Waals surface area contributed by atoms with Crippen LogP contribution in [0.1, 0.15) is 0 Å². The van der Waals surface area contributed by atoms with Crippen molar-refractivity contribution in [1.29, 1.82) is 0 Å². The molecule has 0 unspecified atom stereocenters. The van der Waals surface area contributed by atoms with E-state index in [0.29, 0.717) is 5.46 Å². The maximum atomic E-state index is 12.3. The zero-order valence-corrected chi connectivity index (χ0v) is 8.25. The summed E-state index contributed by atoms with van der Waals surface area (Å²) >= 11 is 0. The predicted molar refractivity (Wildman–Crippen MR) is 56.2 cm³/mol. The molecule has 0 aromatic heterocycles. The quantitative estimate of drug-likeness (QED) is 0.328. The normalized spacial score (nSPS) is 10.2. The highest BCUT2D eigenvalue weighted by Crippen LogP contribution is 2.39. The average molecular weight is 215 g/mol. The van der Waals surface area contributed by atoms with E-state index in [9.17, 15) is 18.5 Å². The summed E-state index contributed by atoms with van der Waals surface area (Å²) in [5.41, 5.74) is 0.356. The molecule has 0 spiro atoms. The van der Waals surface area contributed by atoms with Gasteiger partial charge in [-0.25, -0.2) is 8.39 Å².